The van der Waals surface area contributed by atoms with Gasteiger partial charge in [-0.05, 0) is 24.5 Å². The molecule has 0 saturated carbocycles. The number of rotatable bonds is 1. The van der Waals surface area contributed by atoms with E-state index in [0.717, 1.165) is 12.0 Å². The van der Waals surface area contributed by atoms with Gasteiger partial charge in [0, 0.05) is 0 Å². The van der Waals surface area contributed by atoms with Crippen molar-refractivity contribution in [2.45, 2.75) is 25.0 Å². The largest absolute Gasteiger partial charge is 0.469 e. The van der Waals surface area contributed by atoms with Gasteiger partial charge in [0.25, 0.3) is 0 Å². The van der Waals surface area contributed by atoms with E-state index in [4.69, 9.17) is 14.7 Å². The Bertz CT molecular complexity index is 392. The Morgan fingerprint density at radius 2 is 2.50 bits per heavy atom. The quantitative estimate of drug-likeness (QED) is 0.624. The van der Waals surface area contributed by atoms with Crippen LogP contribution >= 0.6 is 0 Å². The number of allylic oxidation sites excluding steroid dienone is 1. The van der Waals surface area contributed by atoms with Crippen molar-refractivity contribution in [3.63, 3.8) is 0 Å². The molecule has 0 fully saturated rings. The lowest BCUT2D eigenvalue weighted by molar-refractivity contribution is -0.151. The molecular weight excluding hydrogens is 206 g/mol. The van der Waals surface area contributed by atoms with Crippen molar-refractivity contribution in [3.8, 4) is 6.07 Å². The summed E-state index contributed by atoms with van der Waals surface area (Å²) in [6.45, 7) is 0. The van der Waals surface area contributed by atoms with Crippen molar-refractivity contribution >= 4 is 5.97 Å². The monoisotopic (exact) mass is 219 g/mol. The molecule has 1 aliphatic heterocycles. The highest BCUT2D eigenvalue weighted by atomic mass is 16.5. The first-order valence-electron chi connectivity index (χ1n) is 5.27. The van der Waals surface area contributed by atoms with E-state index in [1.165, 1.54) is 7.11 Å². The van der Waals surface area contributed by atoms with Gasteiger partial charge in [0.15, 0.2) is 6.10 Å². The lowest BCUT2D eigenvalue weighted by Crippen LogP contribution is -2.38. The number of nitrogens with zero attached hydrogens (tertiary/aromatic N) is 1. The second-order valence-electron chi connectivity index (χ2n) is 3.88. The molecule has 0 radical (unpaired) electrons. The average molecular weight is 219 g/mol. The van der Waals surface area contributed by atoms with Crippen LogP contribution in [0, 0.1) is 17.2 Å². The van der Waals surface area contributed by atoms with Gasteiger partial charge in [0.1, 0.15) is 0 Å². The van der Waals surface area contributed by atoms with Crippen LogP contribution in [0.4, 0.5) is 0 Å². The SMILES string of the molecule is COC(=O)[C@@H]1CCC=C2C=C[C@H](C#N)O[C@@H]21. The van der Waals surface area contributed by atoms with Gasteiger partial charge in [-0.3, -0.25) is 4.79 Å². The molecule has 1 heterocycles. The molecular formula is C12H13NO3. The van der Waals surface area contributed by atoms with Crippen molar-refractivity contribution in [2.75, 3.05) is 7.11 Å². The summed E-state index contributed by atoms with van der Waals surface area (Å²) in [5.74, 6) is -0.548. The molecule has 2 aliphatic rings. The number of carbonyl (C=O) groups excluding carboxylic acids is 1. The highest BCUT2D eigenvalue weighted by Crippen LogP contribution is 2.32. The van der Waals surface area contributed by atoms with E-state index < -0.39 is 6.10 Å². The maximum atomic E-state index is 11.6. The zero-order chi connectivity index (χ0) is 11.5. The molecule has 0 aromatic rings. The van der Waals surface area contributed by atoms with Gasteiger partial charge in [-0.2, -0.15) is 5.26 Å². The number of methoxy groups -OCH3 is 1. The van der Waals surface area contributed by atoms with Crippen molar-refractivity contribution in [1.29, 1.82) is 5.26 Å². The molecule has 0 saturated heterocycles. The van der Waals surface area contributed by atoms with Crippen molar-refractivity contribution in [2.24, 2.45) is 5.92 Å². The van der Waals surface area contributed by atoms with Crippen LogP contribution in [0.25, 0.3) is 0 Å². The molecule has 84 valence electrons. The molecule has 1 aliphatic carbocycles. The van der Waals surface area contributed by atoms with E-state index in [-0.39, 0.29) is 18.0 Å². The molecule has 2 rings (SSSR count). The van der Waals surface area contributed by atoms with Gasteiger partial charge in [0.05, 0.1) is 25.2 Å². The Morgan fingerprint density at radius 1 is 1.69 bits per heavy atom. The zero-order valence-corrected chi connectivity index (χ0v) is 9.05. The van der Waals surface area contributed by atoms with Gasteiger partial charge < -0.3 is 9.47 Å². The molecule has 0 bridgehead atoms. The molecule has 4 heteroatoms. The van der Waals surface area contributed by atoms with E-state index in [1.807, 2.05) is 18.2 Å². The Balaban J connectivity index is 2.23. The Kier molecular flexibility index (Phi) is 3.07. The lowest BCUT2D eigenvalue weighted by Gasteiger charge is -2.33. The van der Waals surface area contributed by atoms with Crippen LogP contribution in [-0.2, 0) is 14.3 Å². The van der Waals surface area contributed by atoms with E-state index in [9.17, 15) is 4.79 Å². The molecule has 0 N–H and O–H groups in total. The summed E-state index contributed by atoms with van der Waals surface area (Å²) >= 11 is 0. The number of esters is 1. The van der Waals surface area contributed by atoms with Crippen LogP contribution < -0.4 is 0 Å². The van der Waals surface area contributed by atoms with Crippen LogP contribution in [0.1, 0.15) is 12.8 Å². The highest BCUT2D eigenvalue weighted by molar-refractivity contribution is 5.74. The number of fused-ring (bicyclic) bond motifs is 1. The molecule has 0 aromatic heterocycles. The zero-order valence-electron chi connectivity index (χ0n) is 9.05. The second kappa shape index (κ2) is 4.50. The van der Waals surface area contributed by atoms with E-state index in [1.54, 1.807) is 6.08 Å². The molecule has 0 aromatic carbocycles. The average Bonchev–Trinajstić information content (AvgIpc) is 2.36. The normalized spacial score (nSPS) is 32.2. The standard InChI is InChI=1S/C12H13NO3/c1-15-12(14)10-4-2-3-8-5-6-9(7-13)16-11(8)10/h3,5-6,9-11H,2,4H2,1H3/t9-,10-,11+/m1/s1. The predicted octanol–water partition coefficient (Wildman–Crippen LogP) is 1.34. The fraction of sp³-hybridized carbons (Fsp3) is 0.500. The Labute approximate surface area is 94.1 Å². The maximum Gasteiger partial charge on any atom is 0.311 e. The third-order valence-electron chi connectivity index (χ3n) is 2.94. The molecule has 4 nitrogen and oxygen atoms in total. The minimum absolute atomic E-state index is 0.261. The predicted molar refractivity (Wildman–Crippen MR) is 56.2 cm³/mol. The first-order chi connectivity index (χ1) is 7.76. The fourth-order valence-electron chi connectivity index (χ4n) is 2.13. The van der Waals surface area contributed by atoms with Gasteiger partial charge >= 0.3 is 5.97 Å². The highest BCUT2D eigenvalue weighted by Gasteiger charge is 2.37. The number of ether oxygens (including phenoxy) is 2. The Hall–Kier alpha value is -1.60. The van der Waals surface area contributed by atoms with Gasteiger partial charge in [-0.1, -0.05) is 12.2 Å². The third kappa shape index (κ3) is 1.86. The van der Waals surface area contributed by atoms with Crippen molar-refractivity contribution in [1.82, 2.24) is 0 Å². The van der Waals surface area contributed by atoms with E-state index in [0.29, 0.717) is 6.42 Å². The molecule has 0 amide bonds. The fourth-order valence-corrected chi connectivity index (χ4v) is 2.13. The van der Waals surface area contributed by atoms with E-state index >= 15 is 0 Å². The maximum absolute atomic E-state index is 11.6. The number of hydrogen-bond donors (Lipinski definition) is 0. The number of carbonyl (C=O) groups is 1. The molecule has 16 heavy (non-hydrogen) atoms. The second-order valence-corrected chi connectivity index (χ2v) is 3.88. The first kappa shape index (κ1) is 10.9. The summed E-state index contributed by atoms with van der Waals surface area (Å²) in [6, 6.07) is 2.03. The third-order valence-corrected chi connectivity index (χ3v) is 2.94. The van der Waals surface area contributed by atoms with Gasteiger partial charge in [0.2, 0.25) is 0 Å². The number of nitriles is 1. The summed E-state index contributed by atoms with van der Waals surface area (Å²) in [5.41, 5.74) is 0.980. The molecule has 0 spiro atoms. The lowest BCUT2D eigenvalue weighted by atomic mass is 9.84. The van der Waals surface area contributed by atoms with Crippen LogP contribution in [0.15, 0.2) is 23.8 Å². The molecule has 3 atom stereocenters. The van der Waals surface area contributed by atoms with Crippen LogP contribution in [0.5, 0.6) is 0 Å². The summed E-state index contributed by atoms with van der Waals surface area (Å²) in [6.07, 6.45) is 6.31. The van der Waals surface area contributed by atoms with Crippen LogP contribution in [-0.4, -0.2) is 25.3 Å². The minimum Gasteiger partial charge on any atom is -0.469 e. The van der Waals surface area contributed by atoms with Gasteiger partial charge in [-0.25, -0.2) is 0 Å². The van der Waals surface area contributed by atoms with Crippen molar-refractivity contribution < 1.29 is 14.3 Å². The minimum atomic E-state index is -0.563. The smallest absolute Gasteiger partial charge is 0.311 e. The molecule has 0 unspecified atom stereocenters. The topological polar surface area (TPSA) is 59.3 Å². The van der Waals surface area contributed by atoms with Crippen LogP contribution in [0.2, 0.25) is 0 Å². The van der Waals surface area contributed by atoms with Crippen LogP contribution in [0.3, 0.4) is 0 Å². The first-order valence-corrected chi connectivity index (χ1v) is 5.27. The summed E-state index contributed by atoms with van der Waals surface area (Å²) in [4.78, 5) is 11.6. The summed E-state index contributed by atoms with van der Waals surface area (Å²) in [5, 5.41) is 8.80. The van der Waals surface area contributed by atoms with Crippen molar-refractivity contribution in [3.05, 3.63) is 23.8 Å². The summed E-state index contributed by atoms with van der Waals surface area (Å²) < 4.78 is 10.3. The van der Waals surface area contributed by atoms with Gasteiger partial charge in [-0.15, -0.1) is 0 Å². The van der Waals surface area contributed by atoms with E-state index in [2.05, 4.69) is 0 Å². The Morgan fingerprint density at radius 3 is 3.19 bits per heavy atom. The number of hydrogen-bond acceptors (Lipinski definition) is 4. The summed E-state index contributed by atoms with van der Waals surface area (Å²) in [7, 11) is 1.38.